The maximum absolute atomic E-state index is 5.04. The number of hydrogen-bond acceptors (Lipinski definition) is 3. The van der Waals surface area contributed by atoms with Gasteiger partial charge in [-0.15, -0.1) is 0 Å². The number of thiocarbonyl (C=S) groups is 1. The van der Waals surface area contributed by atoms with Crippen molar-refractivity contribution in [1.82, 2.24) is 10.7 Å². The minimum Gasteiger partial charge on any atom is -0.497 e. The van der Waals surface area contributed by atoms with E-state index < -0.39 is 0 Å². The van der Waals surface area contributed by atoms with Crippen LogP contribution in [0.2, 0.25) is 0 Å². The molecule has 0 amide bonds. The molecule has 0 aliphatic heterocycles. The van der Waals surface area contributed by atoms with Gasteiger partial charge >= 0.3 is 0 Å². The van der Waals surface area contributed by atoms with E-state index in [0.29, 0.717) is 5.11 Å². The van der Waals surface area contributed by atoms with Crippen molar-refractivity contribution in [3.05, 3.63) is 29.8 Å². The Balaban J connectivity index is 2.53. The van der Waals surface area contributed by atoms with Gasteiger partial charge < -0.3 is 10.1 Å². The quantitative estimate of drug-likeness (QED) is 0.458. The standard InChI is InChI=1S/C10H13N3OS/c1-11-10(15)13-12-7-8-3-5-9(14-2)6-4-8/h3-7H,1-2H3,(H2,11,13,15)/b12-7+. The average Bonchev–Trinajstić information content (AvgIpc) is 2.29. The molecule has 0 spiro atoms. The number of hydrazone groups is 1. The number of methoxy groups -OCH3 is 1. The fraction of sp³-hybridized carbons (Fsp3) is 0.200. The SMILES string of the molecule is CNC(=S)N/N=C/c1ccc(OC)cc1. The van der Waals surface area contributed by atoms with Crippen molar-refractivity contribution in [2.45, 2.75) is 0 Å². The Kier molecular flexibility index (Phi) is 4.56. The fourth-order valence-corrected chi connectivity index (χ4v) is 0.964. The first-order chi connectivity index (χ1) is 7.26. The third kappa shape index (κ3) is 3.95. The summed E-state index contributed by atoms with van der Waals surface area (Å²) in [6, 6.07) is 7.56. The Morgan fingerprint density at radius 2 is 2.07 bits per heavy atom. The predicted octanol–water partition coefficient (Wildman–Crippen LogP) is 1.12. The van der Waals surface area contributed by atoms with Crippen LogP contribution in [0.5, 0.6) is 5.75 Å². The van der Waals surface area contributed by atoms with Crippen LogP contribution in [-0.4, -0.2) is 25.5 Å². The molecule has 1 aromatic carbocycles. The summed E-state index contributed by atoms with van der Waals surface area (Å²) in [5.74, 6) is 0.825. The van der Waals surface area contributed by atoms with Gasteiger partial charge in [0.1, 0.15) is 5.75 Å². The lowest BCUT2D eigenvalue weighted by atomic mass is 10.2. The van der Waals surface area contributed by atoms with Crippen LogP contribution in [0.1, 0.15) is 5.56 Å². The smallest absolute Gasteiger partial charge is 0.186 e. The summed E-state index contributed by atoms with van der Waals surface area (Å²) >= 11 is 4.85. The van der Waals surface area contributed by atoms with Crippen molar-refractivity contribution in [2.75, 3.05) is 14.2 Å². The van der Waals surface area contributed by atoms with E-state index >= 15 is 0 Å². The predicted molar refractivity (Wildman–Crippen MR) is 65.4 cm³/mol. The monoisotopic (exact) mass is 223 g/mol. The molecule has 80 valence electrons. The molecular formula is C10H13N3OS. The largest absolute Gasteiger partial charge is 0.497 e. The molecule has 0 aromatic heterocycles. The zero-order chi connectivity index (χ0) is 11.1. The number of nitrogens with one attached hydrogen (secondary N) is 2. The van der Waals surface area contributed by atoms with Gasteiger partial charge in [0.05, 0.1) is 13.3 Å². The van der Waals surface area contributed by atoms with Gasteiger partial charge in [0.25, 0.3) is 0 Å². The maximum atomic E-state index is 5.04. The van der Waals surface area contributed by atoms with Crippen LogP contribution >= 0.6 is 12.2 Å². The molecule has 0 unspecified atom stereocenters. The van der Waals surface area contributed by atoms with Crippen molar-refractivity contribution < 1.29 is 4.74 Å². The first-order valence-electron chi connectivity index (χ1n) is 4.41. The summed E-state index contributed by atoms with van der Waals surface area (Å²) in [4.78, 5) is 0. The second-order valence-electron chi connectivity index (χ2n) is 2.72. The van der Waals surface area contributed by atoms with Gasteiger partial charge in [-0.25, -0.2) is 0 Å². The Hall–Kier alpha value is -1.62. The molecule has 5 heteroatoms. The molecule has 0 radical (unpaired) electrons. The lowest BCUT2D eigenvalue weighted by molar-refractivity contribution is 0.415. The van der Waals surface area contributed by atoms with Crippen LogP contribution in [0.3, 0.4) is 0 Å². The summed E-state index contributed by atoms with van der Waals surface area (Å²) in [6.07, 6.45) is 1.68. The molecular weight excluding hydrogens is 210 g/mol. The molecule has 1 rings (SSSR count). The van der Waals surface area contributed by atoms with Gasteiger partial charge in [-0.1, -0.05) is 0 Å². The second kappa shape index (κ2) is 5.98. The number of hydrogen-bond donors (Lipinski definition) is 2. The summed E-state index contributed by atoms with van der Waals surface area (Å²) in [5, 5.41) is 7.19. The molecule has 15 heavy (non-hydrogen) atoms. The molecule has 4 nitrogen and oxygen atoms in total. The van der Waals surface area contributed by atoms with Gasteiger partial charge in [0, 0.05) is 7.05 Å². The molecule has 0 aliphatic rings. The molecule has 0 heterocycles. The lowest BCUT2D eigenvalue weighted by Crippen LogP contribution is -2.28. The topological polar surface area (TPSA) is 45.7 Å². The molecule has 0 bridgehead atoms. The Bertz CT molecular complexity index is 348. The van der Waals surface area contributed by atoms with E-state index in [1.54, 1.807) is 20.4 Å². The van der Waals surface area contributed by atoms with Crippen LogP contribution in [0, 0.1) is 0 Å². The third-order valence-corrected chi connectivity index (χ3v) is 2.02. The highest BCUT2D eigenvalue weighted by Gasteiger charge is 1.90. The van der Waals surface area contributed by atoms with Crippen LogP contribution in [0.15, 0.2) is 29.4 Å². The molecule has 0 saturated heterocycles. The van der Waals surface area contributed by atoms with Gasteiger partial charge in [-0.05, 0) is 42.0 Å². The summed E-state index contributed by atoms with van der Waals surface area (Å²) in [7, 11) is 3.37. The van der Waals surface area contributed by atoms with E-state index in [2.05, 4.69) is 15.8 Å². The average molecular weight is 223 g/mol. The molecule has 1 aromatic rings. The molecule has 0 atom stereocenters. The molecule has 0 aliphatic carbocycles. The first-order valence-corrected chi connectivity index (χ1v) is 4.82. The van der Waals surface area contributed by atoms with Gasteiger partial charge in [-0.2, -0.15) is 5.10 Å². The fourth-order valence-electron chi connectivity index (χ4n) is 0.911. The normalized spacial score (nSPS) is 10.0. The van der Waals surface area contributed by atoms with Crippen molar-refractivity contribution >= 4 is 23.5 Å². The highest BCUT2D eigenvalue weighted by molar-refractivity contribution is 7.80. The zero-order valence-corrected chi connectivity index (χ0v) is 9.47. The highest BCUT2D eigenvalue weighted by Crippen LogP contribution is 2.09. The van der Waals surface area contributed by atoms with Crippen molar-refractivity contribution in [3.8, 4) is 5.75 Å². The van der Waals surface area contributed by atoms with Crippen LogP contribution in [0.4, 0.5) is 0 Å². The van der Waals surface area contributed by atoms with Crippen molar-refractivity contribution in [3.63, 3.8) is 0 Å². The zero-order valence-electron chi connectivity index (χ0n) is 8.65. The lowest BCUT2D eigenvalue weighted by Gasteiger charge is -2.00. The Morgan fingerprint density at radius 1 is 1.40 bits per heavy atom. The van der Waals surface area contributed by atoms with Crippen molar-refractivity contribution in [2.24, 2.45) is 5.10 Å². The number of rotatable bonds is 3. The van der Waals surface area contributed by atoms with E-state index in [0.717, 1.165) is 11.3 Å². The minimum absolute atomic E-state index is 0.486. The van der Waals surface area contributed by atoms with Crippen molar-refractivity contribution in [1.29, 1.82) is 0 Å². The highest BCUT2D eigenvalue weighted by atomic mass is 32.1. The van der Waals surface area contributed by atoms with Crippen LogP contribution in [0.25, 0.3) is 0 Å². The van der Waals surface area contributed by atoms with Gasteiger partial charge in [0.15, 0.2) is 5.11 Å². The van der Waals surface area contributed by atoms with Gasteiger partial charge in [-0.3, -0.25) is 5.43 Å². The summed E-state index contributed by atoms with van der Waals surface area (Å²) < 4.78 is 5.04. The summed E-state index contributed by atoms with van der Waals surface area (Å²) in [6.45, 7) is 0. The molecule has 0 saturated carbocycles. The van der Waals surface area contributed by atoms with E-state index in [1.807, 2.05) is 24.3 Å². The van der Waals surface area contributed by atoms with E-state index in [1.165, 1.54) is 0 Å². The summed E-state index contributed by atoms with van der Waals surface area (Å²) in [5.41, 5.74) is 3.64. The number of benzene rings is 1. The third-order valence-electron chi connectivity index (χ3n) is 1.72. The van der Waals surface area contributed by atoms with Gasteiger partial charge in [0.2, 0.25) is 0 Å². The first kappa shape index (κ1) is 11.5. The minimum atomic E-state index is 0.486. The molecule has 0 fully saturated rings. The Morgan fingerprint density at radius 3 is 2.60 bits per heavy atom. The van der Waals surface area contributed by atoms with Crippen LogP contribution in [-0.2, 0) is 0 Å². The van der Waals surface area contributed by atoms with E-state index in [4.69, 9.17) is 17.0 Å². The molecule has 2 N–H and O–H groups in total. The Labute approximate surface area is 94.3 Å². The van der Waals surface area contributed by atoms with E-state index in [9.17, 15) is 0 Å². The maximum Gasteiger partial charge on any atom is 0.186 e. The van der Waals surface area contributed by atoms with Crippen LogP contribution < -0.4 is 15.5 Å². The number of nitrogens with zero attached hydrogens (tertiary/aromatic N) is 1. The number of ether oxygens (including phenoxy) is 1. The second-order valence-corrected chi connectivity index (χ2v) is 3.13. The van der Waals surface area contributed by atoms with E-state index in [-0.39, 0.29) is 0 Å².